The Hall–Kier alpha value is -2.40. The number of thiophene rings is 1. The zero-order valence-electron chi connectivity index (χ0n) is 11.7. The van der Waals surface area contributed by atoms with Crippen molar-refractivity contribution in [2.24, 2.45) is 0 Å². The van der Waals surface area contributed by atoms with Crippen LogP contribution < -0.4 is 5.32 Å². The first-order valence-electron chi connectivity index (χ1n) is 6.35. The lowest BCUT2D eigenvalue weighted by molar-refractivity contribution is -0.131. The minimum absolute atomic E-state index is 0.162. The Kier molecular flexibility index (Phi) is 4.55. The van der Waals surface area contributed by atoms with Gasteiger partial charge in [-0.25, -0.2) is 4.79 Å². The molecule has 1 aromatic heterocycles. The summed E-state index contributed by atoms with van der Waals surface area (Å²) in [6.07, 6.45) is 2.60. The normalized spacial score (nSPS) is 10.8. The van der Waals surface area contributed by atoms with Crippen molar-refractivity contribution >= 4 is 35.0 Å². The summed E-state index contributed by atoms with van der Waals surface area (Å²) in [5.74, 6) is -1.16. The van der Waals surface area contributed by atoms with E-state index in [0.29, 0.717) is 10.6 Å². The zero-order chi connectivity index (χ0) is 15.4. The molecule has 0 aliphatic carbocycles. The molecule has 108 valence electrons. The molecule has 0 aliphatic rings. The number of carbonyl (C=O) groups excluding carboxylic acids is 1. The van der Waals surface area contributed by atoms with Gasteiger partial charge in [0.25, 0.3) is 5.91 Å². The molecule has 1 amide bonds. The molecule has 1 aromatic carbocycles. The molecular weight excluding hydrogens is 286 g/mol. The van der Waals surface area contributed by atoms with Crippen LogP contribution in [0, 0.1) is 13.8 Å². The number of hydrogen-bond acceptors (Lipinski definition) is 3. The van der Waals surface area contributed by atoms with Gasteiger partial charge in [-0.05, 0) is 55.3 Å². The Morgan fingerprint density at radius 2 is 1.95 bits per heavy atom. The largest absolute Gasteiger partial charge is 0.478 e. The van der Waals surface area contributed by atoms with Crippen LogP contribution in [0.15, 0.2) is 36.4 Å². The van der Waals surface area contributed by atoms with Gasteiger partial charge in [0.15, 0.2) is 0 Å². The lowest BCUT2D eigenvalue weighted by atomic mass is 10.1. The van der Waals surface area contributed by atoms with Crippen LogP contribution in [0.5, 0.6) is 0 Å². The Balaban J connectivity index is 2.19. The number of carbonyl (C=O) groups is 2. The van der Waals surface area contributed by atoms with Crippen LogP contribution in [0.25, 0.3) is 6.08 Å². The van der Waals surface area contributed by atoms with Crippen molar-refractivity contribution in [3.05, 3.63) is 57.3 Å². The molecule has 0 saturated carbocycles. The number of aryl methyl sites for hydroxylation is 2. The third kappa shape index (κ3) is 4.03. The van der Waals surface area contributed by atoms with Crippen molar-refractivity contribution in [2.45, 2.75) is 13.8 Å². The number of rotatable bonds is 4. The van der Waals surface area contributed by atoms with Crippen molar-refractivity contribution in [1.29, 1.82) is 0 Å². The van der Waals surface area contributed by atoms with Crippen LogP contribution in [0.2, 0.25) is 0 Å². The predicted octanol–water partition coefficient (Wildman–Crippen LogP) is 3.72. The summed E-state index contributed by atoms with van der Waals surface area (Å²) in [7, 11) is 0. The van der Waals surface area contributed by atoms with Gasteiger partial charge in [-0.2, -0.15) is 0 Å². The predicted molar refractivity (Wildman–Crippen MR) is 84.9 cm³/mol. The van der Waals surface area contributed by atoms with E-state index < -0.39 is 5.97 Å². The van der Waals surface area contributed by atoms with Crippen molar-refractivity contribution in [3.8, 4) is 0 Å². The molecule has 4 nitrogen and oxygen atoms in total. The Labute approximate surface area is 126 Å². The number of carboxylic acids is 1. The van der Waals surface area contributed by atoms with Crippen molar-refractivity contribution in [2.75, 3.05) is 5.32 Å². The Morgan fingerprint density at radius 3 is 2.57 bits per heavy atom. The van der Waals surface area contributed by atoms with E-state index in [2.05, 4.69) is 5.32 Å². The number of anilines is 1. The molecule has 0 spiro atoms. The van der Waals surface area contributed by atoms with E-state index in [1.165, 1.54) is 17.4 Å². The topological polar surface area (TPSA) is 66.4 Å². The zero-order valence-corrected chi connectivity index (χ0v) is 12.5. The standard InChI is InChI=1S/C16H15NO3S/c1-10-3-6-13(9-12(10)5-8-15(18)19)17-16(20)14-7-4-11(2)21-14/h3-9H,1-2H3,(H,17,20)(H,18,19). The summed E-state index contributed by atoms with van der Waals surface area (Å²) in [5, 5.41) is 11.5. The van der Waals surface area contributed by atoms with Gasteiger partial charge in [0.2, 0.25) is 0 Å². The molecule has 0 bridgehead atoms. The second-order valence-electron chi connectivity index (χ2n) is 4.61. The molecule has 5 heteroatoms. The van der Waals surface area contributed by atoms with Gasteiger partial charge in [-0.3, -0.25) is 4.79 Å². The second-order valence-corrected chi connectivity index (χ2v) is 5.90. The summed E-state index contributed by atoms with van der Waals surface area (Å²) in [5.41, 5.74) is 2.34. The molecular formula is C16H15NO3S. The quantitative estimate of drug-likeness (QED) is 0.846. The minimum Gasteiger partial charge on any atom is -0.478 e. The first-order valence-corrected chi connectivity index (χ1v) is 7.17. The lowest BCUT2D eigenvalue weighted by Crippen LogP contribution is -2.10. The van der Waals surface area contributed by atoms with Crippen LogP contribution in [0.3, 0.4) is 0 Å². The van der Waals surface area contributed by atoms with E-state index >= 15 is 0 Å². The number of aliphatic carboxylic acids is 1. The fourth-order valence-corrected chi connectivity index (χ4v) is 2.57. The molecule has 2 N–H and O–H groups in total. The average Bonchev–Trinajstić information content (AvgIpc) is 2.86. The van der Waals surface area contributed by atoms with Crippen molar-refractivity contribution < 1.29 is 14.7 Å². The molecule has 1 heterocycles. The number of nitrogens with one attached hydrogen (secondary N) is 1. The number of carboxylic acid groups (broad SMARTS) is 1. The second kappa shape index (κ2) is 6.37. The van der Waals surface area contributed by atoms with Gasteiger partial charge in [0.1, 0.15) is 0 Å². The summed E-state index contributed by atoms with van der Waals surface area (Å²) < 4.78 is 0. The highest BCUT2D eigenvalue weighted by atomic mass is 32.1. The van der Waals surface area contributed by atoms with Gasteiger partial charge in [0.05, 0.1) is 4.88 Å². The van der Waals surface area contributed by atoms with Crippen LogP contribution in [-0.2, 0) is 4.79 Å². The summed E-state index contributed by atoms with van der Waals surface area (Å²) >= 11 is 1.43. The van der Waals surface area contributed by atoms with Crippen LogP contribution in [-0.4, -0.2) is 17.0 Å². The highest BCUT2D eigenvalue weighted by Gasteiger charge is 2.09. The monoisotopic (exact) mass is 301 g/mol. The SMILES string of the molecule is Cc1ccc(C(=O)Nc2ccc(C)c(C=CC(=O)O)c2)s1. The van der Waals surface area contributed by atoms with Gasteiger partial charge < -0.3 is 10.4 Å². The number of hydrogen-bond donors (Lipinski definition) is 2. The van der Waals surface area contributed by atoms with Gasteiger partial charge >= 0.3 is 5.97 Å². The third-order valence-corrected chi connectivity index (χ3v) is 3.91. The molecule has 0 saturated heterocycles. The molecule has 0 radical (unpaired) electrons. The molecule has 0 atom stereocenters. The maximum Gasteiger partial charge on any atom is 0.328 e. The van der Waals surface area contributed by atoms with Crippen molar-refractivity contribution in [1.82, 2.24) is 0 Å². The molecule has 21 heavy (non-hydrogen) atoms. The molecule has 2 rings (SSSR count). The molecule has 0 unspecified atom stereocenters. The van der Waals surface area contributed by atoms with E-state index in [4.69, 9.17) is 5.11 Å². The maximum atomic E-state index is 12.1. The molecule has 0 fully saturated rings. The fourth-order valence-electron chi connectivity index (χ4n) is 1.81. The van der Waals surface area contributed by atoms with E-state index in [1.54, 1.807) is 18.2 Å². The number of amides is 1. The minimum atomic E-state index is -1.00. The van der Waals surface area contributed by atoms with E-state index in [-0.39, 0.29) is 5.91 Å². The van der Waals surface area contributed by atoms with Crippen LogP contribution in [0.1, 0.15) is 25.7 Å². The van der Waals surface area contributed by atoms with Gasteiger partial charge in [-0.1, -0.05) is 6.07 Å². The van der Waals surface area contributed by atoms with E-state index in [0.717, 1.165) is 22.1 Å². The Bertz CT molecular complexity index is 716. The lowest BCUT2D eigenvalue weighted by Gasteiger charge is -2.07. The fraction of sp³-hybridized carbons (Fsp3) is 0.125. The van der Waals surface area contributed by atoms with Crippen LogP contribution >= 0.6 is 11.3 Å². The molecule has 0 aliphatic heterocycles. The first-order chi connectivity index (χ1) is 9.95. The van der Waals surface area contributed by atoms with Crippen molar-refractivity contribution in [3.63, 3.8) is 0 Å². The highest BCUT2D eigenvalue weighted by molar-refractivity contribution is 7.14. The maximum absolute atomic E-state index is 12.1. The van der Waals surface area contributed by atoms with E-state index in [1.807, 2.05) is 26.0 Å². The smallest absolute Gasteiger partial charge is 0.328 e. The number of benzene rings is 1. The van der Waals surface area contributed by atoms with E-state index in [9.17, 15) is 9.59 Å². The average molecular weight is 301 g/mol. The van der Waals surface area contributed by atoms with Crippen LogP contribution in [0.4, 0.5) is 5.69 Å². The Morgan fingerprint density at radius 1 is 1.19 bits per heavy atom. The summed E-state index contributed by atoms with van der Waals surface area (Å²) in [6.45, 7) is 3.83. The van der Waals surface area contributed by atoms with Gasteiger partial charge in [-0.15, -0.1) is 11.3 Å². The third-order valence-electron chi connectivity index (χ3n) is 2.91. The summed E-state index contributed by atoms with van der Waals surface area (Å²) in [6, 6.07) is 9.08. The highest BCUT2D eigenvalue weighted by Crippen LogP contribution is 2.20. The summed E-state index contributed by atoms with van der Waals surface area (Å²) in [4.78, 5) is 24.4. The molecule has 2 aromatic rings. The van der Waals surface area contributed by atoms with Gasteiger partial charge in [0, 0.05) is 16.6 Å². The first kappa shape index (κ1) is 15.0.